The van der Waals surface area contributed by atoms with Gasteiger partial charge in [0.15, 0.2) is 0 Å². The maximum Gasteiger partial charge on any atom is 0.260 e. The summed E-state index contributed by atoms with van der Waals surface area (Å²) >= 11 is 1.96. The van der Waals surface area contributed by atoms with Crippen LogP contribution in [-0.4, -0.2) is 6.71 Å². The zero-order chi connectivity index (χ0) is 30.3. The van der Waals surface area contributed by atoms with Gasteiger partial charge in [-0.1, -0.05) is 148 Å². The van der Waals surface area contributed by atoms with Gasteiger partial charge in [0, 0.05) is 31.7 Å². The molecule has 0 saturated heterocycles. The summed E-state index contributed by atoms with van der Waals surface area (Å²) in [5, 5.41) is 1.32. The quantitative estimate of drug-likeness (QED) is 0.184. The Kier molecular flexibility index (Phi) is 5.79. The summed E-state index contributed by atoms with van der Waals surface area (Å²) in [5.74, 6) is 0. The van der Waals surface area contributed by atoms with Gasteiger partial charge in [0.2, 0.25) is 0 Å². The number of fused-ring (bicyclic) bond motifs is 7. The predicted octanol–water partition coefficient (Wildman–Crippen LogP) is 9.81. The van der Waals surface area contributed by atoms with E-state index in [1.54, 1.807) is 0 Å². The topological polar surface area (TPSA) is 3.24 Å². The van der Waals surface area contributed by atoms with Crippen LogP contribution in [0.4, 0.5) is 17.1 Å². The monoisotopic (exact) mass is 593 g/mol. The number of nitrogens with zero attached hydrogens (tertiary/aromatic N) is 1. The Morgan fingerprint density at radius 3 is 1.96 bits per heavy atom. The van der Waals surface area contributed by atoms with Crippen molar-refractivity contribution in [1.29, 1.82) is 0 Å². The van der Waals surface area contributed by atoms with Crippen molar-refractivity contribution < 1.29 is 0 Å². The minimum Gasteiger partial charge on any atom is -0.309 e. The Bertz CT molecular complexity index is 2260. The van der Waals surface area contributed by atoms with Gasteiger partial charge in [-0.2, -0.15) is 0 Å². The molecule has 3 heteroatoms. The molecule has 0 atom stereocenters. The molecule has 0 amide bonds. The Morgan fingerprint density at radius 2 is 1.20 bits per heavy atom. The van der Waals surface area contributed by atoms with Crippen molar-refractivity contribution >= 4 is 60.9 Å². The van der Waals surface area contributed by atoms with E-state index >= 15 is 0 Å². The van der Waals surface area contributed by atoms with Crippen LogP contribution in [0.5, 0.6) is 0 Å². The molecule has 0 spiro atoms. The first-order chi connectivity index (χ1) is 22.0. The number of benzene rings is 6. The van der Waals surface area contributed by atoms with Gasteiger partial charge in [-0.3, -0.25) is 0 Å². The lowest BCUT2D eigenvalue weighted by atomic mass is 9.40. The molecule has 1 nitrogen and oxygen atoms in total. The van der Waals surface area contributed by atoms with E-state index in [1.165, 1.54) is 81.8 Å². The highest BCUT2D eigenvalue weighted by Gasteiger charge is 2.45. The fourth-order valence-corrected chi connectivity index (χ4v) is 8.84. The Balaban J connectivity index is 1.45. The van der Waals surface area contributed by atoms with Crippen LogP contribution >= 0.6 is 11.3 Å². The second-order valence-corrected chi connectivity index (χ2v) is 14.4. The molecule has 0 bridgehead atoms. The van der Waals surface area contributed by atoms with Crippen LogP contribution in [0.25, 0.3) is 43.5 Å². The van der Waals surface area contributed by atoms with Gasteiger partial charge in [-0.15, -0.1) is 11.3 Å². The fourth-order valence-electron chi connectivity index (χ4n) is 7.52. The van der Waals surface area contributed by atoms with E-state index in [0.717, 1.165) is 0 Å². The van der Waals surface area contributed by atoms with E-state index in [1.807, 2.05) is 11.3 Å². The lowest BCUT2D eigenvalue weighted by Gasteiger charge is -2.37. The van der Waals surface area contributed by atoms with Crippen LogP contribution in [0, 0.1) is 0 Å². The van der Waals surface area contributed by atoms with Crippen molar-refractivity contribution in [2.24, 2.45) is 0 Å². The molecule has 6 aromatic carbocycles. The van der Waals surface area contributed by atoms with Crippen molar-refractivity contribution in [1.82, 2.24) is 0 Å². The number of hydrogen-bond donors (Lipinski definition) is 0. The van der Waals surface area contributed by atoms with Gasteiger partial charge in [-0.05, 0) is 56.9 Å². The number of thiophene rings is 1. The van der Waals surface area contributed by atoms with Crippen LogP contribution in [0.15, 0.2) is 140 Å². The first-order valence-corrected chi connectivity index (χ1v) is 16.6. The third kappa shape index (κ3) is 3.94. The van der Waals surface area contributed by atoms with Gasteiger partial charge in [0.25, 0.3) is 6.71 Å². The SMILES string of the molecule is CC(C)(C)c1ccc(N2c3c(-c4ccccc4)ccc4c3B(c3ccccc3-4)c3sc4ccccc4c32)c(-c2ccccc2)c1. The lowest BCUT2D eigenvalue weighted by Crippen LogP contribution is -2.53. The highest BCUT2D eigenvalue weighted by atomic mass is 32.1. The van der Waals surface area contributed by atoms with Crippen molar-refractivity contribution in [2.75, 3.05) is 4.90 Å². The van der Waals surface area contributed by atoms with E-state index in [0.29, 0.717) is 0 Å². The number of anilines is 3. The minimum atomic E-state index is 0.0279. The average molecular weight is 594 g/mol. The van der Waals surface area contributed by atoms with Crippen molar-refractivity contribution in [3.8, 4) is 33.4 Å². The van der Waals surface area contributed by atoms with E-state index in [2.05, 4.69) is 165 Å². The van der Waals surface area contributed by atoms with Crippen LogP contribution < -0.4 is 20.6 Å². The van der Waals surface area contributed by atoms with Crippen LogP contribution in [0.1, 0.15) is 26.3 Å². The van der Waals surface area contributed by atoms with Crippen molar-refractivity contribution in [3.63, 3.8) is 0 Å². The third-order valence-electron chi connectivity index (χ3n) is 9.65. The van der Waals surface area contributed by atoms with Gasteiger partial charge < -0.3 is 4.90 Å². The van der Waals surface area contributed by atoms with Gasteiger partial charge in [0.1, 0.15) is 0 Å². The smallest absolute Gasteiger partial charge is 0.260 e. The molecule has 0 unspecified atom stereocenters. The predicted molar refractivity (Wildman–Crippen MR) is 196 cm³/mol. The molecule has 7 aromatic rings. The highest BCUT2D eigenvalue weighted by Crippen LogP contribution is 2.51. The molecular weight excluding hydrogens is 561 g/mol. The molecule has 9 rings (SSSR count). The molecule has 0 N–H and O–H groups in total. The van der Waals surface area contributed by atoms with Gasteiger partial charge >= 0.3 is 0 Å². The third-order valence-corrected chi connectivity index (χ3v) is 10.9. The zero-order valence-electron chi connectivity index (χ0n) is 25.7. The molecule has 0 radical (unpaired) electrons. The van der Waals surface area contributed by atoms with Crippen molar-refractivity contribution in [2.45, 2.75) is 26.2 Å². The Morgan fingerprint density at radius 1 is 0.556 bits per heavy atom. The second kappa shape index (κ2) is 9.82. The molecule has 1 aromatic heterocycles. The summed E-state index contributed by atoms with van der Waals surface area (Å²) in [6.07, 6.45) is 0. The van der Waals surface area contributed by atoms with E-state index in [-0.39, 0.29) is 12.1 Å². The number of hydrogen-bond acceptors (Lipinski definition) is 2. The summed E-state index contributed by atoms with van der Waals surface area (Å²) in [6.45, 7) is 7.12. The van der Waals surface area contributed by atoms with E-state index < -0.39 is 0 Å². The summed E-state index contributed by atoms with van der Waals surface area (Å²) in [4.78, 5) is 2.63. The second-order valence-electron chi connectivity index (χ2n) is 13.3. The molecule has 2 aliphatic rings. The van der Waals surface area contributed by atoms with Crippen LogP contribution in [0.2, 0.25) is 0 Å². The maximum atomic E-state index is 2.63. The largest absolute Gasteiger partial charge is 0.309 e. The lowest BCUT2D eigenvalue weighted by molar-refractivity contribution is 0.590. The van der Waals surface area contributed by atoms with Crippen LogP contribution in [-0.2, 0) is 5.41 Å². The summed E-state index contributed by atoms with van der Waals surface area (Å²) < 4.78 is 2.76. The van der Waals surface area contributed by atoms with E-state index in [9.17, 15) is 0 Å². The molecule has 45 heavy (non-hydrogen) atoms. The fraction of sp³-hybridized carbons (Fsp3) is 0.0952. The first kappa shape index (κ1) is 26.5. The zero-order valence-corrected chi connectivity index (χ0v) is 26.5. The average Bonchev–Trinajstić information content (AvgIpc) is 3.62. The molecule has 0 fully saturated rings. The van der Waals surface area contributed by atoms with Crippen molar-refractivity contribution in [3.05, 3.63) is 145 Å². The first-order valence-electron chi connectivity index (χ1n) is 15.8. The Labute approximate surface area is 269 Å². The maximum absolute atomic E-state index is 2.63. The number of rotatable bonds is 3. The molecule has 3 heterocycles. The highest BCUT2D eigenvalue weighted by molar-refractivity contribution is 7.34. The minimum absolute atomic E-state index is 0.0279. The summed E-state index contributed by atoms with van der Waals surface area (Å²) in [6, 6.07) is 51.9. The summed E-state index contributed by atoms with van der Waals surface area (Å²) in [5.41, 5.74) is 15.8. The molecule has 0 saturated carbocycles. The molecule has 214 valence electrons. The summed E-state index contributed by atoms with van der Waals surface area (Å²) in [7, 11) is 0. The van der Waals surface area contributed by atoms with E-state index in [4.69, 9.17) is 0 Å². The molecule has 0 aliphatic carbocycles. The standard InChI is InChI=1S/C42H32BNS/c1-42(2,3)29-22-25-36(34(26-29)28-16-8-5-9-17-28)44-39-30(27-14-6-4-7-15-27)23-24-32-31-18-10-12-20-35(31)43(38(32)39)41-40(44)33-19-11-13-21-37(33)45-41/h4-26H,1-3H3. The Hall–Kier alpha value is -4.86. The van der Waals surface area contributed by atoms with Gasteiger partial charge in [-0.25, -0.2) is 0 Å². The van der Waals surface area contributed by atoms with Gasteiger partial charge in [0.05, 0.1) is 11.4 Å². The molecule has 2 aliphatic heterocycles. The van der Waals surface area contributed by atoms with Crippen LogP contribution in [0.3, 0.4) is 0 Å². The normalized spacial score (nSPS) is 13.1. The molecular formula is C42H32BNS.